The van der Waals surface area contributed by atoms with Gasteiger partial charge in [0, 0.05) is 6.04 Å². The van der Waals surface area contributed by atoms with Crippen molar-refractivity contribution in [2.24, 2.45) is 5.73 Å². The van der Waals surface area contributed by atoms with Crippen LogP contribution in [0.4, 0.5) is 19.4 Å². The first-order chi connectivity index (χ1) is 6.40. The van der Waals surface area contributed by atoms with Gasteiger partial charge < -0.3 is 5.73 Å². The summed E-state index contributed by atoms with van der Waals surface area (Å²) in [6.07, 6.45) is 0. The van der Waals surface area contributed by atoms with E-state index in [9.17, 15) is 19.4 Å². The first-order valence-electron chi connectivity index (χ1n) is 4.00. The molecule has 1 rings (SSSR count). The Labute approximate surface area is 83.8 Å². The summed E-state index contributed by atoms with van der Waals surface area (Å²) in [7, 11) is -9.57. The maximum Gasteiger partial charge on any atom is 0.310 e. The highest BCUT2D eigenvalue weighted by atomic mass is 32.5. The molecule has 7 heteroatoms. The van der Waals surface area contributed by atoms with Crippen LogP contribution in [0.1, 0.15) is 18.5 Å². The SMILES string of the molecule is C[C@H](N)c1cccc(S(F)(F)(F)(F)F)c1. The summed E-state index contributed by atoms with van der Waals surface area (Å²) in [4.78, 5) is -1.90. The lowest BCUT2D eigenvalue weighted by Crippen LogP contribution is -2.09. The lowest BCUT2D eigenvalue weighted by molar-refractivity contribution is 0.364. The molecule has 1 atom stereocenters. The lowest BCUT2D eigenvalue weighted by Gasteiger charge is -2.40. The Morgan fingerprint density at radius 3 is 2.07 bits per heavy atom. The van der Waals surface area contributed by atoms with Crippen LogP contribution in [-0.2, 0) is 0 Å². The van der Waals surface area contributed by atoms with E-state index in [-0.39, 0.29) is 5.56 Å². The van der Waals surface area contributed by atoms with Gasteiger partial charge in [-0.05, 0) is 24.6 Å². The molecule has 1 nitrogen and oxygen atoms in total. The van der Waals surface area contributed by atoms with Crippen LogP contribution in [0.15, 0.2) is 29.2 Å². The van der Waals surface area contributed by atoms with E-state index in [0.717, 1.165) is 6.07 Å². The van der Waals surface area contributed by atoms with Gasteiger partial charge in [-0.25, -0.2) is 0 Å². The number of benzene rings is 1. The molecule has 0 radical (unpaired) electrons. The summed E-state index contributed by atoms with van der Waals surface area (Å²) in [5.74, 6) is 0. The first kappa shape index (κ1) is 12.3. The minimum Gasteiger partial charge on any atom is -0.324 e. The van der Waals surface area contributed by atoms with Crippen LogP contribution in [0.25, 0.3) is 0 Å². The summed E-state index contributed by atoms with van der Waals surface area (Å²) < 4.78 is 61.8. The van der Waals surface area contributed by atoms with Crippen molar-refractivity contribution >= 4 is 10.2 Å². The zero-order chi connectivity index (χ0) is 12.0. The second kappa shape index (κ2) is 2.65. The number of hydrogen-bond donors (Lipinski definition) is 1. The van der Waals surface area contributed by atoms with E-state index in [4.69, 9.17) is 5.73 Å². The maximum absolute atomic E-state index is 12.4. The summed E-state index contributed by atoms with van der Waals surface area (Å²) in [6.45, 7) is 1.42. The van der Waals surface area contributed by atoms with E-state index in [1.54, 1.807) is 0 Å². The molecular weight excluding hydrogens is 237 g/mol. The summed E-state index contributed by atoms with van der Waals surface area (Å²) in [5, 5.41) is 0. The van der Waals surface area contributed by atoms with Gasteiger partial charge in [0.2, 0.25) is 0 Å². The Balaban J connectivity index is 3.37. The summed E-state index contributed by atoms with van der Waals surface area (Å²) >= 11 is 0. The van der Waals surface area contributed by atoms with Gasteiger partial charge in [0.15, 0.2) is 0 Å². The van der Waals surface area contributed by atoms with E-state index in [1.165, 1.54) is 13.0 Å². The zero-order valence-corrected chi connectivity index (χ0v) is 8.58. The standard InChI is InChI=1S/C8H10F5NS/c1-6(14)7-3-2-4-8(5-7)15(9,10,11,12)13/h2-6H,14H2,1H3/t6-/m0/s1. The second-order valence-corrected chi connectivity index (χ2v) is 5.74. The van der Waals surface area contributed by atoms with Crippen molar-refractivity contribution in [1.82, 2.24) is 0 Å². The van der Waals surface area contributed by atoms with Crippen molar-refractivity contribution in [3.8, 4) is 0 Å². The summed E-state index contributed by atoms with van der Waals surface area (Å²) in [6, 6.07) is 2.23. The molecule has 0 amide bonds. The van der Waals surface area contributed by atoms with Crippen LogP contribution in [-0.4, -0.2) is 0 Å². The highest BCUT2D eigenvalue weighted by Gasteiger charge is 2.65. The molecule has 0 aliphatic rings. The molecule has 0 spiro atoms. The highest BCUT2D eigenvalue weighted by molar-refractivity contribution is 8.45. The predicted octanol–water partition coefficient (Wildman–Crippen LogP) is 4.36. The Bertz CT molecular complexity index is 382. The van der Waals surface area contributed by atoms with E-state index >= 15 is 0 Å². The monoisotopic (exact) mass is 247 g/mol. The largest absolute Gasteiger partial charge is 0.324 e. The molecule has 0 saturated heterocycles. The molecule has 0 aromatic heterocycles. The molecular formula is C8H10F5NS. The Morgan fingerprint density at radius 1 is 1.13 bits per heavy atom. The molecule has 1 aromatic rings. The Kier molecular flexibility index (Phi) is 2.16. The molecule has 0 bridgehead atoms. The van der Waals surface area contributed by atoms with Crippen molar-refractivity contribution in [3.05, 3.63) is 29.8 Å². The van der Waals surface area contributed by atoms with Crippen LogP contribution in [0.5, 0.6) is 0 Å². The fraction of sp³-hybridized carbons (Fsp3) is 0.250. The smallest absolute Gasteiger partial charge is 0.310 e. The third-order valence-electron chi connectivity index (χ3n) is 1.83. The van der Waals surface area contributed by atoms with Gasteiger partial charge >= 0.3 is 10.2 Å². The fourth-order valence-electron chi connectivity index (χ4n) is 1.04. The Hall–Kier alpha value is -0.820. The average molecular weight is 247 g/mol. The van der Waals surface area contributed by atoms with Gasteiger partial charge in [-0.15, -0.1) is 0 Å². The van der Waals surface area contributed by atoms with E-state index in [1.807, 2.05) is 0 Å². The summed E-state index contributed by atoms with van der Waals surface area (Å²) in [5.41, 5.74) is 5.34. The van der Waals surface area contributed by atoms with Gasteiger partial charge in [-0.2, -0.15) is 0 Å². The Morgan fingerprint density at radius 2 is 1.67 bits per heavy atom. The van der Waals surface area contributed by atoms with Crippen molar-refractivity contribution in [2.45, 2.75) is 17.9 Å². The van der Waals surface area contributed by atoms with Crippen molar-refractivity contribution in [1.29, 1.82) is 0 Å². The third-order valence-corrected chi connectivity index (χ3v) is 2.97. The van der Waals surface area contributed by atoms with Crippen LogP contribution in [0.2, 0.25) is 0 Å². The highest BCUT2D eigenvalue weighted by Crippen LogP contribution is 3.02. The predicted molar refractivity (Wildman–Crippen MR) is 50.4 cm³/mol. The van der Waals surface area contributed by atoms with Crippen molar-refractivity contribution < 1.29 is 19.4 Å². The number of rotatable bonds is 2. The average Bonchev–Trinajstić information content (AvgIpc) is 2.00. The normalized spacial score (nSPS) is 19.1. The molecule has 0 fully saturated rings. The second-order valence-electron chi connectivity index (χ2n) is 3.33. The van der Waals surface area contributed by atoms with Gasteiger partial charge in [-0.1, -0.05) is 31.6 Å². The quantitative estimate of drug-likeness (QED) is 0.772. The van der Waals surface area contributed by atoms with Gasteiger partial charge in [0.1, 0.15) is 4.90 Å². The molecule has 0 unspecified atom stereocenters. The van der Waals surface area contributed by atoms with Crippen LogP contribution in [0.3, 0.4) is 0 Å². The minimum atomic E-state index is -9.57. The van der Waals surface area contributed by atoms with Gasteiger partial charge in [0.25, 0.3) is 0 Å². The lowest BCUT2D eigenvalue weighted by atomic mass is 10.1. The molecule has 2 N–H and O–H groups in total. The maximum atomic E-state index is 12.4. The molecule has 0 heterocycles. The van der Waals surface area contributed by atoms with Crippen LogP contribution < -0.4 is 5.73 Å². The number of halogens is 5. The molecule has 0 saturated carbocycles. The molecule has 0 aliphatic heterocycles. The van der Waals surface area contributed by atoms with E-state index in [2.05, 4.69) is 0 Å². The van der Waals surface area contributed by atoms with Gasteiger partial charge in [0.05, 0.1) is 0 Å². The number of nitrogens with two attached hydrogens (primary N) is 1. The molecule has 1 aromatic carbocycles. The molecule has 88 valence electrons. The topological polar surface area (TPSA) is 26.0 Å². The van der Waals surface area contributed by atoms with Crippen LogP contribution in [0, 0.1) is 0 Å². The molecule has 15 heavy (non-hydrogen) atoms. The third kappa shape index (κ3) is 3.07. The van der Waals surface area contributed by atoms with E-state index in [0.29, 0.717) is 12.1 Å². The van der Waals surface area contributed by atoms with Crippen molar-refractivity contribution in [3.63, 3.8) is 0 Å². The van der Waals surface area contributed by atoms with E-state index < -0.39 is 21.2 Å². The van der Waals surface area contributed by atoms with Crippen molar-refractivity contribution in [2.75, 3.05) is 0 Å². The van der Waals surface area contributed by atoms with Gasteiger partial charge in [-0.3, -0.25) is 0 Å². The van der Waals surface area contributed by atoms with Crippen LogP contribution >= 0.6 is 10.2 Å². The minimum absolute atomic E-state index is 0.0285. The first-order valence-corrected chi connectivity index (χ1v) is 5.95. The zero-order valence-electron chi connectivity index (χ0n) is 7.76. The fourth-order valence-corrected chi connectivity index (χ4v) is 1.73. The molecule has 0 aliphatic carbocycles. The number of hydrogen-bond acceptors (Lipinski definition) is 1.